The lowest BCUT2D eigenvalue weighted by atomic mass is 9.91. The summed E-state index contributed by atoms with van der Waals surface area (Å²) in [4.78, 5) is 15.3. The molecular weight excluding hydrogens is 382 g/mol. The first-order valence-electron chi connectivity index (χ1n) is 9.28. The molecule has 1 saturated carbocycles. The zero-order valence-corrected chi connectivity index (χ0v) is 17.9. The van der Waals surface area contributed by atoms with Gasteiger partial charge in [-0.05, 0) is 62.0 Å². The molecule has 1 atom stereocenters. The Kier molecular flexibility index (Phi) is 7.11. The molecule has 0 heterocycles. The third kappa shape index (κ3) is 4.55. The van der Waals surface area contributed by atoms with Crippen LogP contribution >= 0.6 is 12.2 Å². The summed E-state index contributed by atoms with van der Waals surface area (Å²) >= 11 is 5.45. The third-order valence-corrected chi connectivity index (χ3v) is 5.95. The van der Waals surface area contributed by atoms with Crippen molar-refractivity contribution in [3.8, 4) is 0 Å². The van der Waals surface area contributed by atoms with Gasteiger partial charge < -0.3 is 5.32 Å². The summed E-state index contributed by atoms with van der Waals surface area (Å²) in [5, 5.41) is 3.39. The number of rotatable bonds is 7. The quantitative estimate of drug-likeness (QED) is 0.696. The van der Waals surface area contributed by atoms with Gasteiger partial charge in [-0.2, -0.15) is 8.42 Å². The van der Waals surface area contributed by atoms with Crippen molar-refractivity contribution < 1.29 is 13.2 Å². The van der Waals surface area contributed by atoms with Crippen molar-refractivity contribution in [1.82, 2.24) is 10.2 Å². The maximum Gasteiger partial charge on any atom is 0.316 e. The molecule has 0 radical (unpaired) electrons. The molecule has 1 aliphatic carbocycles. The molecule has 0 spiro atoms. The summed E-state index contributed by atoms with van der Waals surface area (Å²) in [7, 11) is -0.803. The first kappa shape index (κ1) is 21.5. The largest absolute Gasteiger partial charge is 0.365 e. The highest BCUT2D eigenvalue weighted by molar-refractivity contribution is 7.80. The highest BCUT2D eigenvalue weighted by atomic mass is 32.2. The fourth-order valence-corrected chi connectivity index (χ4v) is 4.05. The van der Waals surface area contributed by atoms with Gasteiger partial charge >= 0.3 is 10.5 Å². The van der Waals surface area contributed by atoms with Gasteiger partial charge in [-0.3, -0.25) is 9.69 Å². The minimum absolute atomic E-state index is 0.0137. The Morgan fingerprint density at radius 1 is 1.37 bits per heavy atom. The summed E-state index contributed by atoms with van der Waals surface area (Å²) in [5.41, 5.74) is 1.29. The highest BCUT2D eigenvalue weighted by Crippen LogP contribution is 2.51. The van der Waals surface area contributed by atoms with E-state index in [9.17, 15) is 13.2 Å². The molecule has 0 aliphatic heterocycles. The van der Waals surface area contributed by atoms with E-state index in [1.807, 2.05) is 12.1 Å². The van der Waals surface area contributed by atoms with Crippen LogP contribution in [0.3, 0.4) is 0 Å². The predicted molar refractivity (Wildman–Crippen MR) is 111 cm³/mol. The molecule has 6 nitrogen and oxygen atoms in total. The topological polar surface area (TPSA) is 78.8 Å². The van der Waals surface area contributed by atoms with E-state index >= 15 is 0 Å². The summed E-state index contributed by atoms with van der Waals surface area (Å²) in [5.74, 6) is -0.0137. The zero-order valence-electron chi connectivity index (χ0n) is 16.3. The second-order valence-corrected chi connectivity index (χ2v) is 7.98. The first-order valence-corrected chi connectivity index (χ1v) is 10.7. The van der Waals surface area contributed by atoms with Crippen molar-refractivity contribution in [2.45, 2.75) is 64.3 Å². The third-order valence-electron chi connectivity index (χ3n) is 5.20. The monoisotopic (exact) mass is 409 g/mol. The molecule has 0 bridgehead atoms. The number of carbonyl (C=O) groups excluding carboxylic acids is 1. The maximum absolute atomic E-state index is 13.6. The van der Waals surface area contributed by atoms with E-state index in [1.165, 1.54) is 0 Å². The van der Waals surface area contributed by atoms with Crippen LogP contribution in [0.2, 0.25) is 0 Å². The zero-order chi connectivity index (χ0) is 20.2. The number of amides is 1. The van der Waals surface area contributed by atoms with Gasteiger partial charge in [0.1, 0.15) is 0 Å². The molecule has 1 aromatic carbocycles. The molecule has 0 saturated heterocycles. The summed E-state index contributed by atoms with van der Waals surface area (Å²) < 4.78 is 25.7. The molecule has 1 aliphatic rings. The molecule has 27 heavy (non-hydrogen) atoms. The highest BCUT2D eigenvalue weighted by Gasteiger charge is 2.54. The van der Waals surface area contributed by atoms with Gasteiger partial charge in [-0.15, -0.1) is 4.36 Å². The van der Waals surface area contributed by atoms with Crippen molar-refractivity contribution in [3.05, 3.63) is 29.3 Å². The molecule has 2 rings (SSSR count). The van der Waals surface area contributed by atoms with E-state index < -0.39 is 15.9 Å². The van der Waals surface area contributed by atoms with E-state index in [-0.39, 0.29) is 11.9 Å². The minimum Gasteiger partial charge on any atom is -0.365 e. The second-order valence-electron chi connectivity index (χ2n) is 6.97. The van der Waals surface area contributed by atoms with Crippen LogP contribution < -0.4 is 5.32 Å². The summed E-state index contributed by atoms with van der Waals surface area (Å²) in [6, 6.07) is 5.48. The number of hydrogen-bond acceptors (Lipinski definition) is 5. The van der Waals surface area contributed by atoms with Crippen molar-refractivity contribution in [1.29, 1.82) is 0 Å². The van der Waals surface area contributed by atoms with Crippen molar-refractivity contribution in [3.63, 3.8) is 0 Å². The number of nitrogens with zero attached hydrogens (tertiary/aromatic N) is 2. The van der Waals surface area contributed by atoms with Crippen LogP contribution in [0.25, 0.3) is 0 Å². The fraction of sp³-hybridized carbons (Fsp3) is 0.579. The van der Waals surface area contributed by atoms with Crippen LogP contribution in [0, 0.1) is 6.92 Å². The average molecular weight is 410 g/mol. The molecule has 1 N–H and O–H groups in total. The van der Waals surface area contributed by atoms with E-state index in [0.29, 0.717) is 10.8 Å². The molecule has 0 aromatic heterocycles. The number of benzene rings is 1. The van der Waals surface area contributed by atoms with Crippen LogP contribution in [0.1, 0.15) is 57.1 Å². The molecule has 148 valence electrons. The maximum atomic E-state index is 13.6. The molecule has 1 unspecified atom stereocenters. The van der Waals surface area contributed by atoms with Crippen LogP contribution in [-0.4, -0.2) is 37.4 Å². The second kappa shape index (κ2) is 8.93. The van der Waals surface area contributed by atoms with Gasteiger partial charge in [0, 0.05) is 13.1 Å². The predicted octanol–water partition coefficient (Wildman–Crippen LogP) is 3.63. The van der Waals surface area contributed by atoms with Crippen LogP contribution in [0.15, 0.2) is 22.6 Å². The molecular formula is C19H27N3O3S2. The fourth-order valence-electron chi connectivity index (χ4n) is 3.46. The van der Waals surface area contributed by atoms with Gasteiger partial charge in [0.2, 0.25) is 5.91 Å². The molecule has 1 fully saturated rings. The van der Waals surface area contributed by atoms with Gasteiger partial charge in [0.25, 0.3) is 0 Å². The average Bonchev–Trinajstić information content (AvgIpc) is 3.44. The number of carbonyl (C=O) groups is 1. The minimum atomic E-state index is -2.53. The van der Waals surface area contributed by atoms with Crippen LogP contribution in [0.4, 0.5) is 5.69 Å². The Balaban J connectivity index is 2.46. The lowest BCUT2D eigenvalue weighted by molar-refractivity contribution is -0.132. The van der Waals surface area contributed by atoms with E-state index in [4.69, 9.17) is 12.2 Å². The van der Waals surface area contributed by atoms with Gasteiger partial charge in [0.05, 0.1) is 11.1 Å². The summed E-state index contributed by atoms with van der Waals surface area (Å²) in [6.45, 7) is 5.95. The standard InChI is InChI=1S/C19H27N3O3S2/c1-5-7-15(6-2)22(18(26)20-4)17(23)19(10-11-19)14-9-8-13(3)16(12-14)21-27(24)25/h8-9,12,15H,5-7,10-11H2,1-4H3,(H,20,26). The van der Waals surface area contributed by atoms with E-state index in [2.05, 4.69) is 23.5 Å². The smallest absolute Gasteiger partial charge is 0.316 e. The summed E-state index contributed by atoms with van der Waals surface area (Å²) in [6.07, 6.45) is 4.11. The Morgan fingerprint density at radius 2 is 2.04 bits per heavy atom. The van der Waals surface area contributed by atoms with Crippen LogP contribution in [-0.2, 0) is 20.7 Å². The number of thiocarbonyl (C=S) groups is 1. The van der Waals surface area contributed by atoms with E-state index in [1.54, 1.807) is 24.9 Å². The number of hydrogen-bond donors (Lipinski definition) is 1. The lowest BCUT2D eigenvalue weighted by Crippen LogP contribution is -2.52. The Morgan fingerprint density at radius 3 is 2.52 bits per heavy atom. The Bertz CT molecular complexity index is 853. The van der Waals surface area contributed by atoms with Gasteiger partial charge in [-0.25, -0.2) is 0 Å². The Labute approximate surface area is 168 Å². The molecule has 1 aromatic rings. The van der Waals surface area contributed by atoms with Crippen molar-refractivity contribution >= 4 is 39.4 Å². The van der Waals surface area contributed by atoms with Gasteiger partial charge in [-0.1, -0.05) is 32.4 Å². The number of aryl methyl sites for hydroxylation is 1. The van der Waals surface area contributed by atoms with Crippen molar-refractivity contribution in [2.75, 3.05) is 7.05 Å². The first-order chi connectivity index (χ1) is 12.8. The normalized spacial score (nSPS) is 15.6. The number of nitrogens with one attached hydrogen (secondary N) is 1. The molecule has 1 amide bonds. The SMILES string of the molecule is CCCC(CC)N(C(=O)C1(c2ccc(C)c(N=S(=O)=O)c2)CC1)C(=S)NC. The Hall–Kier alpha value is -1.80. The molecule has 8 heteroatoms. The van der Waals surface area contributed by atoms with Gasteiger partial charge in [0.15, 0.2) is 5.11 Å². The van der Waals surface area contributed by atoms with Crippen LogP contribution in [0.5, 0.6) is 0 Å². The van der Waals surface area contributed by atoms with E-state index in [0.717, 1.165) is 43.2 Å². The van der Waals surface area contributed by atoms with Crippen molar-refractivity contribution in [2.24, 2.45) is 4.36 Å². The lowest BCUT2D eigenvalue weighted by Gasteiger charge is -2.34.